The minimum atomic E-state index is -1.10. The standard InChI is InChI=1S/C12H19N3O3/c1-12(2,3)9(11(17)18)10(16)13-6-8-15-7-4-5-14-15/h4-5,7,9H,6,8H2,1-3H3,(H,13,16)(H,17,18). The van der Waals surface area contributed by atoms with Crippen molar-refractivity contribution in [3.8, 4) is 0 Å². The van der Waals surface area contributed by atoms with E-state index in [1.165, 1.54) is 0 Å². The number of nitrogens with zero attached hydrogens (tertiary/aromatic N) is 2. The summed E-state index contributed by atoms with van der Waals surface area (Å²) in [7, 11) is 0. The fourth-order valence-electron chi connectivity index (χ4n) is 1.70. The minimum Gasteiger partial charge on any atom is -0.481 e. The molecule has 1 unspecified atom stereocenters. The molecule has 6 nitrogen and oxygen atoms in total. The van der Waals surface area contributed by atoms with Crippen molar-refractivity contribution in [3.63, 3.8) is 0 Å². The van der Waals surface area contributed by atoms with E-state index >= 15 is 0 Å². The molecule has 0 aliphatic carbocycles. The predicted molar refractivity (Wildman–Crippen MR) is 65.8 cm³/mol. The van der Waals surface area contributed by atoms with Crippen LogP contribution in [0.5, 0.6) is 0 Å². The predicted octanol–water partition coefficient (Wildman–Crippen LogP) is 0.746. The van der Waals surface area contributed by atoms with Gasteiger partial charge in [-0.1, -0.05) is 20.8 Å². The third-order valence-electron chi connectivity index (χ3n) is 2.57. The second-order valence-corrected chi connectivity index (χ2v) is 5.20. The van der Waals surface area contributed by atoms with E-state index < -0.39 is 23.2 Å². The van der Waals surface area contributed by atoms with Crippen LogP contribution in [0, 0.1) is 11.3 Å². The lowest BCUT2D eigenvalue weighted by Gasteiger charge is -2.25. The smallest absolute Gasteiger partial charge is 0.316 e. The Labute approximate surface area is 106 Å². The molecule has 0 fully saturated rings. The summed E-state index contributed by atoms with van der Waals surface area (Å²) in [5.74, 6) is -2.60. The van der Waals surface area contributed by atoms with Gasteiger partial charge >= 0.3 is 5.97 Å². The third kappa shape index (κ3) is 3.87. The molecule has 100 valence electrons. The van der Waals surface area contributed by atoms with Crippen molar-refractivity contribution in [2.45, 2.75) is 27.3 Å². The Bertz CT molecular complexity index is 407. The second-order valence-electron chi connectivity index (χ2n) is 5.20. The van der Waals surface area contributed by atoms with Crippen molar-refractivity contribution >= 4 is 11.9 Å². The van der Waals surface area contributed by atoms with Gasteiger partial charge in [-0.15, -0.1) is 0 Å². The van der Waals surface area contributed by atoms with Crippen molar-refractivity contribution in [1.82, 2.24) is 15.1 Å². The maximum Gasteiger partial charge on any atom is 0.316 e. The first-order valence-electron chi connectivity index (χ1n) is 5.80. The topological polar surface area (TPSA) is 84.2 Å². The number of aliphatic carboxylic acids is 1. The summed E-state index contributed by atoms with van der Waals surface area (Å²) in [5, 5.41) is 15.7. The van der Waals surface area contributed by atoms with Crippen LogP contribution in [0.3, 0.4) is 0 Å². The van der Waals surface area contributed by atoms with Crippen LogP contribution >= 0.6 is 0 Å². The van der Waals surface area contributed by atoms with E-state index in [4.69, 9.17) is 5.11 Å². The van der Waals surface area contributed by atoms with Crippen molar-refractivity contribution in [3.05, 3.63) is 18.5 Å². The van der Waals surface area contributed by atoms with Crippen LogP contribution in [0.2, 0.25) is 0 Å². The van der Waals surface area contributed by atoms with Gasteiger partial charge in [0.05, 0.1) is 6.54 Å². The van der Waals surface area contributed by atoms with Gasteiger partial charge in [-0.25, -0.2) is 0 Å². The molecule has 0 saturated carbocycles. The molecule has 1 amide bonds. The number of hydrogen-bond donors (Lipinski definition) is 2. The summed E-state index contributed by atoms with van der Waals surface area (Å²) in [6, 6.07) is 1.79. The molecule has 1 aromatic rings. The summed E-state index contributed by atoms with van der Waals surface area (Å²) < 4.78 is 1.67. The van der Waals surface area contributed by atoms with Crippen LogP contribution in [-0.2, 0) is 16.1 Å². The molecule has 6 heteroatoms. The maximum atomic E-state index is 11.8. The Hall–Kier alpha value is -1.85. The van der Waals surface area contributed by atoms with E-state index in [0.717, 1.165) is 0 Å². The lowest BCUT2D eigenvalue weighted by Crippen LogP contribution is -2.43. The highest BCUT2D eigenvalue weighted by molar-refractivity contribution is 5.97. The molecule has 1 rings (SSSR count). The van der Waals surface area contributed by atoms with E-state index in [-0.39, 0.29) is 0 Å². The van der Waals surface area contributed by atoms with Gasteiger partial charge in [0.25, 0.3) is 0 Å². The maximum absolute atomic E-state index is 11.8. The number of aromatic nitrogens is 2. The van der Waals surface area contributed by atoms with Crippen LogP contribution < -0.4 is 5.32 Å². The number of carbonyl (C=O) groups is 2. The number of carbonyl (C=O) groups excluding carboxylic acids is 1. The SMILES string of the molecule is CC(C)(C)C(C(=O)O)C(=O)NCCn1cccn1. The fourth-order valence-corrected chi connectivity index (χ4v) is 1.70. The van der Waals surface area contributed by atoms with E-state index in [0.29, 0.717) is 13.1 Å². The monoisotopic (exact) mass is 253 g/mol. The van der Waals surface area contributed by atoms with Crippen molar-refractivity contribution in [2.24, 2.45) is 11.3 Å². The first-order chi connectivity index (χ1) is 8.32. The summed E-state index contributed by atoms with van der Waals surface area (Å²) in [6.07, 6.45) is 3.43. The Morgan fingerprint density at radius 3 is 2.56 bits per heavy atom. The number of carboxylic acid groups (broad SMARTS) is 1. The Morgan fingerprint density at radius 1 is 1.44 bits per heavy atom. The third-order valence-corrected chi connectivity index (χ3v) is 2.57. The van der Waals surface area contributed by atoms with E-state index in [2.05, 4.69) is 10.4 Å². The summed E-state index contributed by atoms with van der Waals surface area (Å²) >= 11 is 0. The zero-order chi connectivity index (χ0) is 13.8. The zero-order valence-electron chi connectivity index (χ0n) is 10.9. The minimum absolute atomic E-state index is 0.361. The molecule has 0 bridgehead atoms. The van der Waals surface area contributed by atoms with E-state index in [9.17, 15) is 9.59 Å². The van der Waals surface area contributed by atoms with Crippen LogP contribution in [0.4, 0.5) is 0 Å². The molecule has 1 atom stereocenters. The highest BCUT2D eigenvalue weighted by atomic mass is 16.4. The second kappa shape index (κ2) is 5.66. The molecular formula is C12H19N3O3. The van der Waals surface area contributed by atoms with Gasteiger partial charge in [0.15, 0.2) is 0 Å². The molecule has 1 aromatic heterocycles. The van der Waals surface area contributed by atoms with E-state index in [1.54, 1.807) is 43.9 Å². The first-order valence-corrected chi connectivity index (χ1v) is 5.80. The summed E-state index contributed by atoms with van der Waals surface area (Å²) in [4.78, 5) is 22.9. The lowest BCUT2D eigenvalue weighted by molar-refractivity contribution is -0.151. The molecular weight excluding hydrogens is 234 g/mol. The van der Waals surface area contributed by atoms with Crippen LogP contribution in [0.15, 0.2) is 18.5 Å². The average Bonchev–Trinajstić information content (AvgIpc) is 2.67. The Balaban J connectivity index is 2.50. The molecule has 0 spiro atoms. The number of carboxylic acids is 1. The number of amides is 1. The van der Waals surface area contributed by atoms with Crippen LogP contribution in [0.25, 0.3) is 0 Å². The quantitative estimate of drug-likeness (QED) is 0.758. The molecule has 0 aliphatic heterocycles. The van der Waals surface area contributed by atoms with Gasteiger partial charge in [0.2, 0.25) is 5.91 Å². The van der Waals surface area contributed by atoms with Gasteiger partial charge in [0.1, 0.15) is 5.92 Å². The molecule has 1 heterocycles. The molecule has 0 saturated heterocycles. The molecule has 0 radical (unpaired) electrons. The van der Waals surface area contributed by atoms with Crippen molar-refractivity contribution in [1.29, 1.82) is 0 Å². The summed E-state index contributed by atoms with van der Waals surface area (Å²) in [6.45, 7) is 6.09. The van der Waals surface area contributed by atoms with Gasteiger partial charge in [-0.05, 0) is 11.5 Å². The lowest BCUT2D eigenvalue weighted by atomic mass is 9.80. The molecule has 0 aromatic carbocycles. The number of nitrogens with one attached hydrogen (secondary N) is 1. The molecule has 2 N–H and O–H groups in total. The highest BCUT2D eigenvalue weighted by Crippen LogP contribution is 2.26. The molecule has 0 aliphatic rings. The number of hydrogen-bond acceptors (Lipinski definition) is 3. The van der Waals surface area contributed by atoms with Crippen molar-refractivity contribution in [2.75, 3.05) is 6.54 Å². The van der Waals surface area contributed by atoms with Gasteiger partial charge in [-0.3, -0.25) is 14.3 Å². The van der Waals surface area contributed by atoms with Gasteiger partial charge in [0, 0.05) is 18.9 Å². The highest BCUT2D eigenvalue weighted by Gasteiger charge is 2.37. The molecule has 18 heavy (non-hydrogen) atoms. The van der Waals surface area contributed by atoms with Gasteiger partial charge < -0.3 is 10.4 Å². The normalized spacial score (nSPS) is 13.1. The van der Waals surface area contributed by atoms with Crippen molar-refractivity contribution < 1.29 is 14.7 Å². The average molecular weight is 253 g/mol. The number of rotatable bonds is 5. The van der Waals surface area contributed by atoms with Gasteiger partial charge in [-0.2, -0.15) is 5.10 Å². The summed E-state index contributed by atoms with van der Waals surface area (Å²) in [5.41, 5.74) is -0.610. The van der Waals surface area contributed by atoms with Crippen LogP contribution in [0.1, 0.15) is 20.8 Å². The fraction of sp³-hybridized carbons (Fsp3) is 0.583. The largest absolute Gasteiger partial charge is 0.481 e. The Kier molecular flexibility index (Phi) is 4.47. The zero-order valence-corrected chi connectivity index (χ0v) is 10.9. The van der Waals surface area contributed by atoms with Crippen LogP contribution in [-0.4, -0.2) is 33.3 Å². The first kappa shape index (κ1) is 14.2. The Morgan fingerprint density at radius 2 is 2.11 bits per heavy atom. The van der Waals surface area contributed by atoms with E-state index in [1.807, 2.05) is 0 Å².